The van der Waals surface area contributed by atoms with Crippen molar-refractivity contribution in [3.63, 3.8) is 0 Å². The molecule has 0 aliphatic carbocycles. The maximum absolute atomic E-state index is 6.00. The highest BCUT2D eigenvalue weighted by atomic mass is 15.3. The Bertz CT molecular complexity index is 820. The molecule has 0 amide bonds. The third-order valence-electron chi connectivity index (χ3n) is 3.96. The van der Waals surface area contributed by atoms with Gasteiger partial charge in [-0.3, -0.25) is 4.68 Å². The molecule has 0 radical (unpaired) electrons. The summed E-state index contributed by atoms with van der Waals surface area (Å²) in [5.41, 5.74) is 10.6. The van der Waals surface area contributed by atoms with Gasteiger partial charge in [-0.05, 0) is 41.3 Å². The van der Waals surface area contributed by atoms with Crippen LogP contribution >= 0.6 is 0 Å². The Balaban J connectivity index is 1.60. The minimum absolute atomic E-state index is 0.418. The topological polar surface area (TPSA) is 68.2 Å². The summed E-state index contributed by atoms with van der Waals surface area (Å²) in [5, 5.41) is 7.36. The van der Waals surface area contributed by atoms with Crippen LogP contribution in [-0.2, 0) is 19.5 Å². The van der Waals surface area contributed by atoms with Gasteiger partial charge in [0.15, 0.2) is 5.96 Å². The smallest absolute Gasteiger partial charge is 0.193 e. The van der Waals surface area contributed by atoms with E-state index in [1.165, 1.54) is 11.1 Å². The minimum Gasteiger partial charge on any atom is -0.370 e. The number of aliphatic imine (C=N–C) groups is 1. The molecule has 0 aliphatic heterocycles. The summed E-state index contributed by atoms with van der Waals surface area (Å²) in [7, 11) is 0. The second kappa shape index (κ2) is 8.15. The molecule has 1 heterocycles. The van der Waals surface area contributed by atoms with Crippen LogP contribution in [-0.4, -0.2) is 15.7 Å². The van der Waals surface area contributed by atoms with Crippen molar-refractivity contribution in [2.24, 2.45) is 10.7 Å². The first-order chi connectivity index (χ1) is 12.2. The Hall–Kier alpha value is -3.08. The van der Waals surface area contributed by atoms with Gasteiger partial charge in [-0.2, -0.15) is 5.10 Å². The highest BCUT2D eigenvalue weighted by Crippen LogP contribution is 2.11. The van der Waals surface area contributed by atoms with Crippen LogP contribution in [0.25, 0.3) is 0 Å². The van der Waals surface area contributed by atoms with Crippen LogP contribution in [0.15, 0.2) is 72.0 Å². The fourth-order valence-corrected chi connectivity index (χ4v) is 2.60. The van der Waals surface area contributed by atoms with Crippen molar-refractivity contribution >= 4 is 11.6 Å². The summed E-state index contributed by atoms with van der Waals surface area (Å²) in [4.78, 5) is 4.43. The largest absolute Gasteiger partial charge is 0.370 e. The Kier molecular flexibility index (Phi) is 5.46. The quantitative estimate of drug-likeness (QED) is 0.536. The normalized spacial score (nSPS) is 11.5. The number of rotatable bonds is 6. The Labute approximate surface area is 148 Å². The zero-order valence-corrected chi connectivity index (χ0v) is 14.4. The molecule has 0 unspecified atom stereocenters. The molecule has 0 saturated heterocycles. The maximum Gasteiger partial charge on any atom is 0.193 e. The van der Waals surface area contributed by atoms with Gasteiger partial charge < -0.3 is 11.1 Å². The molecule has 0 spiro atoms. The van der Waals surface area contributed by atoms with E-state index in [-0.39, 0.29) is 0 Å². The first-order valence-electron chi connectivity index (χ1n) is 8.44. The number of guanidine groups is 1. The molecule has 25 heavy (non-hydrogen) atoms. The third-order valence-corrected chi connectivity index (χ3v) is 3.96. The van der Waals surface area contributed by atoms with Crippen molar-refractivity contribution in [2.45, 2.75) is 26.4 Å². The van der Waals surface area contributed by atoms with Gasteiger partial charge in [0.2, 0.25) is 0 Å². The third kappa shape index (κ3) is 4.94. The number of nitrogens with zero attached hydrogens (tertiary/aromatic N) is 3. The molecule has 0 fully saturated rings. The van der Waals surface area contributed by atoms with Crippen LogP contribution in [0.5, 0.6) is 0 Å². The van der Waals surface area contributed by atoms with Gasteiger partial charge in [0, 0.05) is 18.1 Å². The van der Waals surface area contributed by atoms with Gasteiger partial charge in [0.25, 0.3) is 0 Å². The van der Waals surface area contributed by atoms with Gasteiger partial charge in [0.05, 0.1) is 13.1 Å². The van der Waals surface area contributed by atoms with Crippen LogP contribution in [0.4, 0.5) is 5.69 Å². The number of nitrogens with two attached hydrogens (primary N) is 1. The summed E-state index contributed by atoms with van der Waals surface area (Å²) < 4.78 is 1.90. The lowest BCUT2D eigenvalue weighted by atomic mass is 10.1. The predicted molar refractivity (Wildman–Crippen MR) is 103 cm³/mol. The number of nitrogens with one attached hydrogen (secondary N) is 1. The number of hydrogen-bond acceptors (Lipinski definition) is 2. The fraction of sp³-hybridized carbons (Fsp3) is 0.200. The van der Waals surface area contributed by atoms with Crippen molar-refractivity contribution in [2.75, 3.05) is 5.32 Å². The molecule has 0 saturated carbocycles. The van der Waals surface area contributed by atoms with Gasteiger partial charge in [-0.1, -0.05) is 43.3 Å². The summed E-state index contributed by atoms with van der Waals surface area (Å²) in [6, 6.07) is 18.5. The van der Waals surface area contributed by atoms with E-state index in [1.54, 1.807) is 6.20 Å². The predicted octanol–water partition coefficient (Wildman–Crippen LogP) is 3.42. The summed E-state index contributed by atoms with van der Waals surface area (Å²) in [6.07, 6.45) is 4.77. The Morgan fingerprint density at radius 1 is 1.08 bits per heavy atom. The second-order valence-corrected chi connectivity index (χ2v) is 5.90. The molecule has 0 aliphatic rings. The Morgan fingerprint density at radius 2 is 1.88 bits per heavy atom. The molecule has 0 bridgehead atoms. The monoisotopic (exact) mass is 333 g/mol. The number of aryl methyl sites for hydroxylation is 1. The van der Waals surface area contributed by atoms with E-state index in [1.807, 2.05) is 35.1 Å². The number of aromatic nitrogens is 2. The number of hydrogen-bond donors (Lipinski definition) is 2. The first-order valence-corrected chi connectivity index (χ1v) is 8.44. The van der Waals surface area contributed by atoms with E-state index >= 15 is 0 Å². The van der Waals surface area contributed by atoms with Crippen LogP contribution in [0, 0.1) is 0 Å². The molecule has 2 aromatic carbocycles. The van der Waals surface area contributed by atoms with Crippen LogP contribution in [0.3, 0.4) is 0 Å². The van der Waals surface area contributed by atoms with Gasteiger partial charge in [-0.15, -0.1) is 0 Å². The van der Waals surface area contributed by atoms with Crippen LogP contribution < -0.4 is 11.1 Å². The molecular formula is C20H23N5. The molecule has 128 valence electrons. The molecule has 5 nitrogen and oxygen atoms in total. The van der Waals surface area contributed by atoms with Gasteiger partial charge in [0.1, 0.15) is 0 Å². The van der Waals surface area contributed by atoms with Crippen LogP contribution in [0.1, 0.15) is 23.6 Å². The highest BCUT2D eigenvalue weighted by Gasteiger charge is 1.99. The molecule has 5 heteroatoms. The van der Waals surface area contributed by atoms with Crippen molar-refractivity contribution in [3.8, 4) is 0 Å². The van der Waals surface area contributed by atoms with E-state index in [9.17, 15) is 0 Å². The van der Waals surface area contributed by atoms with E-state index in [2.05, 4.69) is 52.7 Å². The molecule has 0 atom stereocenters. The zero-order chi connectivity index (χ0) is 17.5. The van der Waals surface area contributed by atoms with E-state index < -0.39 is 0 Å². The number of benzene rings is 2. The summed E-state index contributed by atoms with van der Waals surface area (Å²) >= 11 is 0. The zero-order valence-electron chi connectivity index (χ0n) is 14.4. The van der Waals surface area contributed by atoms with E-state index in [0.29, 0.717) is 12.5 Å². The lowest BCUT2D eigenvalue weighted by Crippen LogP contribution is -2.22. The maximum atomic E-state index is 6.00. The average Bonchev–Trinajstić information content (AvgIpc) is 3.14. The SMILES string of the molecule is CCc1ccc(NC(N)=NCc2cccc(Cn3cccn3)c2)cc1. The summed E-state index contributed by atoms with van der Waals surface area (Å²) in [6.45, 7) is 3.43. The standard InChI is InChI=1S/C20H23N5/c1-2-16-7-9-19(10-8-16)24-20(21)22-14-17-5-3-6-18(13-17)15-25-12-4-11-23-25/h3-13H,2,14-15H2,1H3,(H3,21,22,24). The van der Waals surface area contributed by atoms with Crippen molar-refractivity contribution in [1.82, 2.24) is 9.78 Å². The van der Waals surface area contributed by atoms with Gasteiger partial charge >= 0.3 is 0 Å². The fourth-order valence-electron chi connectivity index (χ4n) is 2.60. The average molecular weight is 333 g/mol. The highest BCUT2D eigenvalue weighted by molar-refractivity contribution is 5.92. The molecule has 3 N–H and O–H groups in total. The number of anilines is 1. The van der Waals surface area contributed by atoms with Crippen molar-refractivity contribution in [1.29, 1.82) is 0 Å². The molecule has 3 rings (SSSR count). The summed E-state index contributed by atoms with van der Waals surface area (Å²) in [5.74, 6) is 0.418. The van der Waals surface area contributed by atoms with Crippen molar-refractivity contribution in [3.05, 3.63) is 83.7 Å². The van der Waals surface area contributed by atoms with Crippen molar-refractivity contribution < 1.29 is 0 Å². The molecule has 1 aromatic heterocycles. The first kappa shape index (κ1) is 16.8. The molecule has 3 aromatic rings. The second-order valence-electron chi connectivity index (χ2n) is 5.90. The van der Waals surface area contributed by atoms with E-state index in [0.717, 1.165) is 24.2 Å². The lowest BCUT2D eigenvalue weighted by molar-refractivity contribution is 0.686. The van der Waals surface area contributed by atoms with E-state index in [4.69, 9.17) is 5.73 Å². The molecular weight excluding hydrogens is 310 g/mol. The van der Waals surface area contributed by atoms with Crippen LogP contribution in [0.2, 0.25) is 0 Å². The minimum atomic E-state index is 0.418. The Morgan fingerprint density at radius 3 is 2.60 bits per heavy atom. The van der Waals surface area contributed by atoms with Gasteiger partial charge in [-0.25, -0.2) is 4.99 Å². The lowest BCUT2D eigenvalue weighted by Gasteiger charge is -2.07.